The summed E-state index contributed by atoms with van der Waals surface area (Å²) in [6.45, 7) is 7.05. The van der Waals surface area contributed by atoms with Gasteiger partial charge in [0.25, 0.3) is 0 Å². The monoisotopic (exact) mass is 300 g/mol. The Hall–Kier alpha value is -0.590. The van der Waals surface area contributed by atoms with Crippen LogP contribution in [0.5, 0.6) is 0 Å². The van der Waals surface area contributed by atoms with Crippen molar-refractivity contribution in [3.63, 3.8) is 0 Å². The maximum Gasteiger partial charge on any atom is 0.223 e. The predicted molar refractivity (Wildman–Crippen MR) is 79.7 cm³/mol. The molecule has 2 atom stereocenters. The Morgan fingerprint density at radius 1 is 1.45 bits per heavy atom. The molecule has 2 aliphatic rings. The molecule has 6 heteroatoms. The molecule has 0 aromatic rings. The van der Waals surface area contributed by atoms with Crippen LogP contribution in [-0.2, 0) is 14.3 Å². The summed E-state index contributed by atoms with van der Waals surface area (Å²) in [5, 5.41) is 0.266. The van der Waals surface area contributed by atoms with Gasteiger partial charge in [0.1, 0.15) is 0 Å². The Kier molecular flexibility index (Phi) is 5.86. The number of carbonyl (C=O) groups is 2. The highest BCUT2D eigenvalue weighted by molar-refractivity contribution is 8.14. The van der Waals surface area contributed by atoms with E-state index in [-0.39, 0.29) is 16.3 Å². The van der Waals surface area contributed by atoms with Crippen molar-refractivity contribution in [1.82, 2.24) is 9.80 Å². The van der Waals surface area contributed by atoms with Crippen LogP contribution in [0.3, 0.4) is 0 Å². The summed E-state index contributed by atoms with van der Waals surface area (Å²) >= 11 is 1.31. The molecule has 5 nitrogen and oxygen atoms in total. The van der Waals surface area contributed by atoms with Crippen molar-refractivity contribution >= 4 is 22.8 Å². The topological polar surface area (TPSA) is 49.9 Å². The molecule has 20 heavy (non-hydrogen) atoms. The molecule has 2 fully saturated rings. The van der Waals surface area contributed by atoms with Crippen molar-refractivity contribution < 1.29 is 14.3 Å². The van der Waals surface area contributed by atoms with E-state index in [1.807, 2.05) is 4.90 Å². The summed E-state index contributed by atoms with van der Waals surface area (Å²) in [5.74, 6) is 0.774. The highest BCUT2D eigenvalue weighted by Crippen LogP contribution is 2.26. The van der Waals surface area contributed by atoms with Gasteiger partial charge in [0.2, 0.25) is 5.91 Å². The molecule has 1 amide bonds. The first kappa shape index (κ1) is 15.8. The maximum absolute atomic E-state index is 12.0. The minimum atomic E-state index is 0.108. The second-order valence-electron chi connectivity index (χ2n) is 5.68. The van der Waals surface area contributed by atoms with Crippen LogP contribution in [0.1, 0.15) is 19.8 Å². The molecule has 0 aromatic carbocycles. The van der Waals surface area contributed by atoms with Crippen molar-refractivity contribution in [2.75, 3.05) is 46.4 Å². The molecule has 2 heterocycles. The molecule has 0 spiro atoms. The van der Waals surface area contributed by atoms with Gasteiger partial charge in [-0.15, -0.1) is 0 Å². The summed E-state index contributed by atoms with van der Waals surface area (Å²) in [4.78, 5) is 27.4. The first-order valence-electron chi connectivity index (χ1n) is 7.24. The average Bonchev–Trinajstić information content (AvgIpc) is 2.94. The van der Waals surface area contributed by atoms with Gasteiger partial charge in [0.05, 0.1) is 6.61 Å². The third kappa shape index (κ3) is 4.46. The lowest BCUT2D eigenvalue weighted by Gasteiger charge is -2.21. The van der Waals surface area contributed by atoms with Gasteiger partial charge in [-0.1, -0.05) is 11.8 Å². The Labute approximate surface area is 125 Å². The lowest BCUT2D eigenvalue weighted by Crippen LogP contribution is -2.33. The molecule has 2 rings (SSSR count). The molecule has 2 unspecified atom stereocenters. The van der Waals surface area contributed by atoms with Crippen molar-refractivity contribution in [3.8, 4) is 0 Å². The van der Waals surface area contributed by atoms with Gasteiger partial charge >= 0.3 is 0 Å². The van der Waals surface area contributed by atoms with E-state index in [0.29, 0.717) is 12.3 Å². The Morgan fingerprint density at radius 2 is 2.25 bits per heavy atom. The number of likely N-dealkylation sites (tertiary alicyclic amines) is 2. The summed E-state index contributed by atoms with van der Waals surface area (Å²) in [6, 6.07) is 0. The molecule has 2 aliphatic heterocycles. The molecule has 0 N–H and O–H groups in total. The zero-order chi connectivity index (χ0) is 14.5. The number of thioether (sulfide) groups is 1. The summed E-state index contributed by atoms with van der Waals surface area (Å²) in [5.41, 5.74) is 0. The fourth-order valence-corrected chi connectivity index (χ4v) is 3.97. The van der Waals surface area contributed by atoms with Crippen molar-refractivity contribution in [3.05, 3.63) is 0 Å². The van der Waals surface area contributed by atoms with Crippen LogP contribution >= 0.6 is 11.8 Å². The summed E-state index contributed by atoms with van der Waals surface area (Å²) < 4.78 is 5.10. The van der Waals surface area contributed by atoms with E-state index in [4.69, 9.17) is 4.74 Å². The van der Waals surface area contributed by atoms with Gasteiger partial charge in [-0.2, -0.15) is 0 Å². The van der Waals surface area contributed by atoms with Crippen molar-refractivity contribution in [1.29, 1.82) is 0 Å². The molecule has 0 bridgehead atoms. The molecule has 0 radical (unpaired) electrons. The van der Waals surface area contributed by atoms with E-state index >= 15 is 0 Å². The fourth-order valence-electron chi connectivity index (χ4n) is 3.02. The SMILES string of the molecule is COCCN1CCC(CN2CC(SC(C)=O)CC2=O)C1. The first-order chi connectivity index (χ1) is 9.58. The van der Waals surface area contributed by atoms with Gasteiger partial charge in [-0.25, -0.2) is 0 Å². The Bertz CT molecular complexity index is 364. The quantitative estimate of drug-likeness (QED) is 0.727. The van der Waals surface area contributed by atoms with E-state index in [0.717, 1.165) is 45.8 Å². The number of nitrogens with zero attached hydrogens (tertiary/aromatic N) is 2. The largest absolute Gasteiger partial charge is 0.383 e. The molecule has 0 aliphatic carbocycles. The normalized spacial score (nSPS) is 27.5. The Morgan fingerprint density at radius 3 is 2.95 bits per heavy atom. The third-order valence-corrected chi connectivity index (χ3v) is 4.95. The van der Waals surface area contributed by atoms with Gasteiger partial charge in [-0.3, -0.25) is 9.59 Å². The minimum absolute atomic E-state index is 0.108. The molecule has 0 saturated carbocycles. The Balaban J connectivity index is 1.74. The van der Waals surface area contributed by atoms with Crippen LogP contribution in [0.2, 0.25) is 0 Å². The summed E-state index contributed by atoms with van der Waals surface area (Å²) in [6.07, 6.45) is 1.67. The molecule has 114 valence electrons. The van der Waals surface area contributed by atoms with Crippen LogP contribution in [0.4, 0.5) is 0 Å². The molecule has 0 aromatic heterocycles. The lowest BCUT2D eigenvalue weighted by molar-refractivity contribution is -0.128. The van der Waals surface area contributed by atoms with Crippen LogP contribution in [0, 0.1) is 5.92 Å². The number of carbonyl (C=O) groups excluding carboxylic acids is 2. The second-order valence-corrected chi connectivity index (χ2v) is 7.16. The van der Waals surface area contributed by atoms with Crippen LogP contribution in [0.25, 0.3) is 0 Å². The van der Waals surface area contributed by atoms with Gasteiger partial charge in [0, 0.05) is 51.9 Å². The van der Waals surface area contributed by atoms with Crippen LogP contribution < -0.4 is 0 Å². The smallest absolute Gasteiger partial charge is 0.223 e. The summed E-state index contributed by atoms with van der Waals surface area (Å²) in [7, 11) is 1.73. The number of hydrogen-bond donors (Lipinski definition) is 0. The molecular weight excluding hydrogens is 276 g/mol. The van der Waals surface area contributed by atoms with Gasteiger partial charge in [-0.05, 0) is 18.9 Å². The van der Waals surface area contributed by atoms with E-state index in [1.54, 1.807) is 14.0 Å². The number of ether oxygens (including phenoxy) is 1. The molecule has 2 saturated heterocycles. The number of rotatable bonds is 6. The minimum Gasteiger partial charge on any atom is -0.383 e. The third-order valence-electron chi connectivity index (χ3n) is 3.97. The predicted octanol–water partition coefficient (Wildman–Crippen LogP) is 0.835. The molecular formula is C14H24N2O3S. The number of methoxy groups -OCH3 is 1. The van der Waals surface area contributed by atoms with Crippen molar-refractivity contribution in [2.24, 2.45) is 5.92 Å². The highest BCUT2D eigenvalue weighted by Gasteiger charge is 2.33. The number of amides is 1. The number of hydrogen-bond acceptors (Lipinski definition) is 5. The standard InChI is InChI=1S/C14H24N2O3S/c1-11(17)20-13-7-14(18)16(10-13)9-12-3-4-15(8-12)5-6-19-2/h12-13H,3-10H2,1-2H3. The first-order valence-corrected chi connectivity index (χ1v) is 8.12. The fraction of sp³-hybridized carbons (Fsp3) is 0.857. The average molecular weight is 300 g/mol. The van der Waals surface area contributed by atoms with E-state index < -0.39 is 0 Å². The second kappa shape index (κ2) is 7.43. The van der Waals surface area contributed by atoms with Gasteiger partial charge in [0.15, 0.2) is 5.12 Å². The highest BCUT2D eigenvalue weighted by atomic mass is 32.2. The maximum atomic E-state index is 12.0. The zero-order valence-corrected chi connectivity index (χ0v) is 13.2. The van der Waals surface area contributed by atoms with Crippen LogP contribution in [-0.4, -0.2) is 72.5 Å². The van der Waals surface area contributed by atoms with Crippen LogP contribution in [0.15, 0.2) is 0 Å². The van der Waals surface area contributed by atoms with Gasteiger partial charge < -0.3 is 14.5 Å². The van der Waals surface area contributed by atoms with E-state index in [2.05, 4.69) is 4.90 Å². The van der Waals surface area contributed by atoms with E-state index in [1.165, 1.54) is 11.8 Å². The van der Waals surface area contributed by atoms with Crippen molar-refractivity contribution in [2.45, 2.75) is 25.0 Å². The zero-order valence-electron chi connectivity index (χ0n) is 12.3. The van der Waals surface area contributed by atoms with E-state index in [9.17, 15) is 9.59 Å². The lowest BCUT2D eigenvalue weighted by atomic mass is 10.1.